The van der Waals surface area contributed by atoms with Crippen molar-refractivity contribution in [2.45, 2.75) is 24.7 Å². The minimum Gasteiger partial charge on any atom is -0.396 e. The SMILES string of the molecule is CC(/C=C/S(=O)(=O)c1ccccc1)CCCO. The van der Waals surface area contributed by atoms with Gasteiger partial charge in [0.05, 0.1) is 4.90 Å². The lowest BCUT2D eigenvalue weighted by Gasteiger charge is -2.04. The van der Waals surface area contributed by atoms with Gasteiger partial charge in [-0.2, -0.15) is 0 Å². The molecule has 0 amide bonds. The molecule has 0 aliphatic carbocycles. The molecule has 1 rings (SSSR count). The number of hydrogen-bond donors (Lipinski definition) is 1. The van der Waals surface area contributed by atoms with E-state index in [0.29, 0.717) is 11.3 Å². The molecule has 0 spiro atoms. The van der Waals surface area contributed by atoms with Crippen LogP contribution in [0.2, 0.25) is 0 Å². The maximum absolute atomic E-state index is 11.9. The number of allylic oxidation sites excluding steroid dienone is 1. The van der Waals surface area contributed by atoms with E-state index in [0.717, 1.165) is 6.42 Å². The molecule has 0 radical (unpaired) electrons. The van der Waals surface area contributed by atoms with E-state index < -0.39 is 9.84 Å². The Balaban J connectivity index is 2.71. The van der Waals surface area contributed by atoms with Crippen molar-refractivity contribution in [1.82, 2.24) is 0 Å². The molecule has 1 aromatic carbocycles. The summed E-state index contributed by atoms with van der Waals surface area (Å²) in [6, 6.07) is 8.36. The topological polar surface area (TPSA) is 54.4 Å². The molecular weight excluding hydrogens is 236 g/mol. The zero-order valence-electron chi connectivity index (χ0n) is 9.91. The molecule has 0 saturated heterocycles. The second-order valence-electron chi connectivity index (χ2n) is 4.03. The fourth-order valence-electron chi connectivity index (χ4n) is 1.44. The van der Waals surface area contributed by atoms with E-state index in [4.69, 9.17) is 5.11 Å². The molecule has 0 saturated carbocycles. The smallest absolute Gasteiger partial charge is 0.199 e. The number of hydrogen-bond acceptors (Lipinski definition) is 3. The average molecular weight is 254 g/mol. The highest BCUT2D eigenvalue weighted by Crippen LogP contribution is 2.14. The normalized spacial score (nSPS) is 14.0. The molecule has 1 atom stereocenters. The summed E-state index contributed by atoms with van der Waals surface area (Å²) in [5.41, 5.74) is 0. The minimum absolute atomic E-state index is 0.142. The van der Waals surface area contributed by atoms with E-state index in [1.54, 1.807) is 36.4 Å². The van der Waals surface area contributed by atoms with Gasteiger partial charge in [-0.3, -0.25) is 0 Å². The van der Waals surface area contributed by atoms with Gasteiger partial charge in [0.25, 0.3) is 0 Å². The molecule has 1 unspecified atom stereocenters. The van der Waals surface area contributed by atoms with Crippen molar-refractivity contribution in [1.29, 1.82) is 0 Å². The molecule has 4 heteroatoms. The molecule has 1 aromatic rings. The number of benzene rings is 1. The van der Waals surface area contributed by atoms with Crippen LogP contribution in [0.4, 0.5) is 0 Å². The molecule has 0 heterocycles. The van der Waals surface area contributed by atoms with E-state index in [9.17, 15) is 8.42 Å². The molecular formula is C13H18O3S. The van der Waals surface area contributed by atoms with Crippen LogP contribution in [0.5, 0.6) is 0 Å². The van der Waals surface area contributed by atoms with Gasteiger partial charge in [-0.05, 0) is 30.9 Å². The predicted octanol–water partition coefficient (Wildman–Crippen LogP) is 2.38. The van der Waals surface area contributed by atoms with Crippen LogP contribution >= 0.6 is 0 Å². The van der Waals surface area contributed by atoms with Gasteiger partial charge in [-0.15, -0.1) is 0 Å². The van der Waals surface area contributed by atoms with E-state index in [2.05, 4.69) is 0 Å². The first kappa shape index (κ1) is 13.9. The second-order valence-corrected chi connectivity index (χ2v) is 5.86. The standard InChI is InChI=1S/C13H18O3S/c1-12(6-5-10-14)9-11-17(15,16)13-7-3-2-4-8-13/h2-4,7-9,11-12,14H,5-6,10H2,1H3/b11-9+. The van der Waals surface area contributed by atoms with Gasteiger partial charge in [0.2, 0.25) is 0 Å². The quantitative estimate of drug-likeness (QED) is 0.848. The first-order valence-electron chi connectivity index (χ1n) is 5.65. The zero-order chi connectivity index (χ0) is 12.7. The highest BCUT2D eigenvalue weighted by molar-refractivity contribution is 7.94. The lowest BCUT2D eigenvalue weighted by atomic mass is 10.1. The summed E-state index contributed by atoms with van der Waals surface area (Å²) in [7, 11) is -3.32. The molecule has 0 bridgehead atoms. The first-order valence-corrected chi connectivity index (χ1v) is 7.20. The lowest BCUT2D eigenvalue weighted by Crippen LogP contribution is -1.98. The van der Waals surface area contributed by atoms with Crippen LogP contribution in [0.15, 0.2) is 46.7 Å². The molecule has 0 fully saturated rings. The van der Waals surface area contributed by atoms with Crippen LogP contribution in [0.3, 0.4) is 0 Å². The highest BCUT2D eigenvalue weighted by Gasteiger charge is 2.09. The van der Waals surface area contributed by atoms with Gasteiger partial charge in [0.1, 0.15) is 0 Å². The van der Waals surface area contributed by atoms with Crippen LogP contribution in [0.1, 0.15) is 19.8 Å². The predicted molar refractivity (Wildman–Crippen MR) is 68.3 cm³/mol. The van der Waals surface area contributed by atoms with Crippen LogP contribution in [0, 0.1) is 5.92 Å². The fourth-order valence-corrected chi connectivity index (χ4v) is 2.60. The Kier molecular flexibility index (Phi) is 5.38. The van der Waals surface area contributed by atoms with E-state index in [1.807, 2.05) is 6.92 Å². The van der Waals surface area contributed by atoms with Gasteiger partial charge in [0.15, 0.2) is 9.84 Å². The van der Waals surface area contributed by atoms with Crippen molar-refractivity contribution in [2.24, 2.45) is 5.92 Å². The van der Waals surface area contributed by atoms with Crippen molar-refractivity contribution in [2.75, 3.05) is 6.61 Å². The highest BCUT2D eigenvalue weighted by atomic mass is 32.2. The van der Waals surface area contributed by atoms with Crippen molar-refractivity contribution < 1.29 is 13.5 Å². The summed E-state index contributed by atoms with van der Waals surface area (Å²) in [5.74, 6) is 0.153. The summed E-state index contributed by atoms with van der Waals surface area (Å²) in [6.07, 6.45) is 3.16. The van der Waals surface area contributed by atoms with Crippen LogP contribution in [0.25, 0.3) is 0 Å². The third-order valence-electron chi connectivity index (χ3n) is 2.48. The number of aliphatic hydroxyl groups excluding tert-OH is 1. The zero-order valence-corrected chi connectivity index (χ0v) is 10.7. The van der Waals surface area contributed by atoms with Crippen molar-refractivity contribution in [3.8, 4) is 0 Å². The minimum atomic E-state index is -3.32. The van der Waals surface area contributed by atoms with Gasteiger partial charge in [0, 0.05) is 12.0 Å². The Hall–Kier alpha value is -1.13. The Morgan fingerprint density at radius 2 is 1.94 bits per heavy atom. The molecule has 17 heavy (non-hydrogen) atoms. The summed E-state index contributed by atoms with van der Waals surface area (Å²) in [4.78, 5) is 0.311. The van der Waals surface area contributed by atoms with E-state index in [-0.39, 0.29) is 12.5 Å². The third kappa shape index (κ3) is 4.71. The number of rotatable bonds is 6. The Labute approximate surface area is 103 Å². The van der Waals surface area contributed by atoms with Crippen LogP contribution in [-0.4, -0.2) is 20.1 Å². The van der Waals surface area contributed by atoms with Crippen LogP contribution in [-0.2, 0) is 9.84 Å². The van der Waals surface area contributed by atoms with Crippen molar-refractivity contribution in [3.63, 3.8) is 0 Å². The molecule has 3 nitrogen and oxygen atoms in total. The Morgan fingerprint density at radius 3 is 2.53 bits per heavy atom. The van der Waals surface area contributed by atoms with Gasteiger partial charge < -0.3 is 5.11 Å². The maximum atomic E-state index is 11.9. The van der Waals surface area contributed by atoms with Crippen molar-refractivity contribution >= 4 is 9.84 Å². The lowest BCUT2D eigenvalue weighted by molar-refractivity contribution is 0.279. The molecule has 1 N–H and O–H groups in total. The second kappa shape index (κ2) is 6.57. The van der Waals surface area contributed by atoms with E-state index >= 15 is 0 Å². The van der Waals surface area contributed by atoms with Gasteiger partial charge in [-0.1, -0.05) is 31.2 Å². The number of sulfone groups is 1. The Morgan fingerprint density at radius 1 is 1.29 bits per heavy atom. The Bertz CT molecular complexity index is 449. The molecule has 0 aromatic heterocycles. The average Bonchev–Trinajstić information content (AvgIpc) is 2.35. The summed E-state index contributed by atoms with van der Waals surface area (Å²) < 4.78 is 23.7. The fraction of sp³-hybridized carbons (Fsp3) is 0.385. The van der Waals surface area contributed by atoms with Crippen molar-refractivity contribution in [3.05, 3.63) is 41.8 Å². The maximum Gasteiger partial charge on any atom is 0.199 e. The monoisotopic (exact) mass is 254 g/mol. The number of aliphatic hydroxyl groups is 1. The summed E-state index contributed by atoms with van der Waals surface area (Å²) in [6.45, 7) is 2.08. The molecule has 94 valence electrons. The largest absolute Gasteiger partial charge is 0.396 e. The molecule has 0 aliphatic heterocycles. The first-order chi connectivity index (χ1) is 8.06. The summed E-state index contributed by atoms with van der Waals surface area (Å²) >= 11 is 0. The van der Waals surface area contributed by atoms with Gasteiger partial charge in [-0.25, -0.2) is 8.42 Å². The van der Waals surface area contributed by atoms with E-state index in [1.165, 1.54) is 5.41 Å². The van der Waals surface area contributed by atoms with Crippen LogP contribution < -0.4 is 0 Å². The summed E-state index contributed by atoms with van der Waals surface area (Å²) in [5, 5.41) is 9.93. The molecule has 0 aliphatic rings. The third-order valence-corrected chi connectivity index (χ3v) is 3.92. The van der Waals surface area contributed by atoms with Gasteiger partial charge >= 0.3 is 0 Å².